The molecule has 0 bridgehead atoms. The number of Topliss-reactive ketones (excluding diaryl/α,β-unsaturated/α-hetero) is 1. The first-order chi connectivity index (χ1) is 12.0. The average molecular weight is 351 g/mol. The number of carbonyl (C=O) groups excluding carboxylic acids is 3. The first-order valence-electron chi connectivity index (χ1n) is 7.76. The molecular weight excluding hydrogens is 330 g/mol. The van der Waals surface area contributed by atoms with E-state index in [1.54, 1.807) is 12.0 Å². The Morgan fingerprint density at radius 2 is 1.96 bits per heavy atom. The SMILES string of the molecule is COC(=O)CC(=O)COCC1CN(Cc2ccc(OC)cc2)C(=O)O1. The predicted octanol–water partition coefficient (Wildman–Crippen LogP) is 1.16. The maximum absolute atomic E-state index is 11.9. The lowest BCUT2D eigenvalue weighted by Crippen LogP contribution is -2.26. The highest BCUT2D eigenvalue weighted by Crippen LogP contribution is 2.17. The molecule has 1 fully saturated rings. The zero-order valence-electron chi connectivity index (χ0n) is 14.2. The molecule has 0 saturated carbocycles. The highest BCUT2D eigenvalue weighted by atomic mass is 16.6. The Hall–Kier alpha value is -2.61. The van der Waals surface area contributed by atoms with Gasteiger partial charge in [-0.05, 0) is 17.7 Å². The molecule has 1 aromatic rings. The summed E-state index contributed by atoms with van der Waals surface area (Å²) in [6, 6.07) is 7.40. The zero-order valence-corrected chi connectivity index (χ0v) is 14.2. The van der Waals surface area contributed by atoms with Gasteiger partial charge in [0.05, 0.1) is 27.4 Å². The van der Waals surface area contributed by atoms with Crippen molar-refractivity contribution in [1.82, 2.24) is 4.90 Å². The van der Waals surface area contributed by atoms with E-state index >= 15 is 0 Å². The molecular formula is C17H21NO7. The van der Waals surface area contributed by atoms with E-state index < -0.39 is 18.2 Å². The third-order valence-corrected chi connectivity index (χ3v) is 3.62. The van der Waals surface area contributed by atoms with Crippen molar-refractivity contribution in [3.63, 3.8) is 0 Å². The van der Waals surface area contributed by atoms with Gasteiger partial charge in [0.1, 0.15) is 24.9 Å². The number of methoxy groups -OCH3 is 2. The van der Waals surface area contributed by atoms with Crippen LogP contribution in [0, 0.1) is 0 Å². The summed E-state index contributed by atoms with van der Waals surface area (Å²) in [5.74, 6) is -0.242. The summed E-state index contributed by atoms with van der Waals surface area (Å²) in [6.45, 7) is 0.663. The molecule has 1 aliphatic rings. The van der Waals surface area contributed by atoms with Crippen molar-refractivity contribution in [2.45, 2.75) is 19.1 Å². The van der Waals surface area contributed by atoms with Gasteiger partial charge in [0.25, 0.3) is 0 Å². The van der Waals surface area contributed by atoms with Gasteiger partial charge in [-0.15, -0.1) is 0 Å². The van der Waals surface area contributed by atoms with Crippen molar-refractivity contribution in [2.24, 2.45) is 0 Å². The molecule has 1 aliphatic heterocycles. The average Bonchev–Trinajstić information content (AvgIpc) is 2.95. The molecule has 0 radical (unpaired) electrons. The van der Waals surface area contributed by atoms with E-state index in [4.69, 9.17) is 14.2 Å². The van der Waals surface area contributed by atoms with Crippen LogP contribution in [-0.4, -0.2) is 62.8 Å². The lowest BCUT2D eigenvalue weighted by Gasteiger charge is -2.13. The quantitative estimate of drug-likeness (QED) is 0.487. The van der Waals surface area contributed by atoms with E-state index in [0.717, 1.165) is 11.3 Å². The number of nitrogens with zero attached hydrogens (tertiary/aromatic N) is 1. The highest BCUT2D eigenvalue weighted by molar-refractivity contribution is 5.96. The second-order valence-electron chi connectivity index (χ2n) is 5.54. The molecule has 1 aromatic carbocycles. The van der Waals surface area contributed by atoms with Gasteiger partial charge < -0.3 is 23.8 Å². The van der Waals surface area contributed by atoms with Crippen LogP contribution in [-0.2, 0) is 30.3 Å². The zero-order chi connectivity index (χ0) is 18.2. The molecule has 1 atom stereocenters. The Kier molecular flexibility index (Phi) is 6.76. The largest absolute Gasteiger partial charge is 0.497 e. The fraction of sp³-hybridized carbons (Fsp3) is 0.471. The minimum Gasteiger partial charge on any atom is -0.497 e. The Bertz CT molecular complexity index is 614. The number of carbonyl (C=O) groups is 3. The monoisotopic (exact) mass is 351 g/mol. The molecule has 1 heterocycles. The van der Waals surface area contributed by atoms with Gasteiger partial charge in [-0.1, -0.05) is 12.1 Å². The molecule has 8 nitrogen and oxygen atoms in total. The summed E-state index contributed by atoms with van der Waals surface area (Å²) < 4.78 is 19.9. The number of hydrogen-bond acceptors (Lipinski definition) is 7. The summed E-state index contributed by atoms with van der Waals surface area (Å²) in [4.78, 5) is 35.9. The topological polar surface area (TPSA) is 91.4 Å². The Morgan fingerprint density at radius 3 is 2.60 bits per heavy atom. The van der Waals surface area contributed by atoms with Crippen molar-refractivity contribution in [3.05, 3.63) is 29.8 Å². The molecule has 0 spiro atoms. The van der Waals surface area contributed by atoms with Crippen LogP contribution in [0.1, 0.15) is 12.0 Å². The second-order valence-corrected chi connectivity index (χ2v) is 5.54. The third kappa shape index (κ3) is 5.75. The van der Waals surface area contributed by atoms with Crippen molar-refractivity contribution < 1.29 is 33.3 Å². The standard InChI is InChI=1S/C17H21NO7/c1-22-14-5-3-12(4-6-14)8-18-9-15(25-17(18)21)11-24-10-13(19)7-16(20)23-2/h3-6,15H,7-11H2,1-2H3. The fourth-order valence-corrected chi connectivity index (χ4v) is 2.33. The van der Waals surface area contributed by atoms with Gasteiger partial charge in [-0.3, -0.25) is 9.59 Å². The van der Waals surface area contributed by atoms with Crippen LogP contribution in [0.3, 0.4) is 0 Å². The number of ketones is 1. The minimum atomic E-state index is -0.605. The smallest absolute Gasteiger partial charge is 0.410 e. The van der Waals surface area contributed by atoms with Gasteiger partial charge in [-0.25, -0.2) is 4.79 Å². The second kappa shape index (κ2) is 9.03. The van der Waals surface area contributed by atoms with E-state index in [-0.39, 0.29) is 25.4 Å². The van der Waals surface area contributed by atoms with Crippen LogP contribution in [0.2, 0.25) is 0 Å². The van der Waals surface area contributed by atoms with Crippen molar-refractivity contribution in [1.29, 1.82) is 0 Å². The molecule has 136 valence electrons. The van der Waals surface area contributed by atoms with Crippen LogP contribution >= 0.6 is 0 Å². The van der Waals surface area contributed by atoms with Crippen molar-refractivity contribution >= 4 is 17.8 Å². The Labute approximate surface area is 145 Å². The first kappa shape index (κ1) is 18.7. The van der Waals surface area contributed by atoms with Gasteiger partial charge in [0.2, 0.25) is 0 Å². The van der Waals surface area contributed by atoms with Crippen LogP contribution < -0.4 is 4.74 Å². The van der Waals surface area contributed by atoms with Gasteiger partial charge >= 0.3 is 12.1 Å². The van der Waals surface area contributed by atoms with Gasteiger partial charge in [0, 0.05) is 6.54 Å². The maximum Gasteiger partial charge on any atom is 0.410 e. The predicted molar refractivity (Wildman–Crippen MR) is 86.1 cm³/mol. The number of hydrogen-bond donors (Lipinski definition) is 0. The summed E-state index contributed by atoms with van der Waals surface area (Å²) in [6.07, 6.45) is -1.20. The molecule has 0 aliphatic carbocycles. The normalized spacial score (nSPS) is 16.5. The Morgan fingerprint density at radius 1 is 1.24 bits per heavy atom. The van der Waals surface area contributed by atoms with E-state index in [1.165, 1.54) is 7.11 Å². The molecule has 2 rings (SSSR count). The van der Waals surface area contributed by atoms with Crippen LogP contribution in [0.15, 0.2) is 24.3 Å². The number of rotatable bonds is 9. The molecule has 0 N–H and O–H groups in total. The third-order valence-electron chi connectivity index (χ3n) is 3.62. The van der Waals surface area contributed by atoms with Crippen LogP contribution in [0.4, 0.5) is 4.79 Å². The fourth-order valence-electron chi connectivity index (χ4n) is 2.33. The van der Waals surface area contributed by atoms with Crippen molar-refractivity contribution in [2.75, 3.05) is 34.0 Å². The summed E-state index contributed by atoms with van der Waals surface area (Å²) >= 11 is 0. The number of cyclic esters (lactones) is 1. The summed E-state index contributed by atoms with van der Waals surface area (Å²) in [7, 11) is 2.80. The Balaban J connectivity index is 1.74. The van der Waals surface area contributed by atoms with Gasteiger partial charge in [0.15, 0.2) is 5.78 Å². The van der Waals surface area contributed by atoms with E-state index in [2.05, 4.69) is 4.74 Å². The van der Waals surface area contributed by atoms with E-state index in [9.17, 15) is 14.4 Å². The number of esters is 1. The summed E-state index contributed by atoms with van der Waals surface area (Å²) in [5, 5.41) is 0. The van der Waals surface area contributed by atoms with Crippen LogP contribution in [0.5, 0.6) is 5.75 Å². The molecule has 1 saturated heterocycles. The number of ether oxygens (including phenoxy) is 4. The number of amides is 1. The lowest BCUT2D eigenvalue weighted by atomic mass is 10.2. The highest BCUT2D eigenvalue weighted by Gasteiger charge is 2.31. The molecule has 0 aromatic heterocycles. The minimum absolute atomic E-state index is 0.0950. The van der Waals surface area contributed by atoms with Crippen LogP contribution in [0.25, 0.3) is 0 Å². The first-order valence-corrected chi connectivity index (χ1v) is 7.76. The van der Waals surface area contributed by atoms with Crippen molar-refractivity contribution in [3.8, 4) is 5.75 Å². The van der Waals surface area contributed by atoms with E-state index in [0.29, 0.717) is 13.1 Å². The number of benzene rings is 1. The lowest BCUT2D eigenvalue weighted by molar-refractivity contribution is -0.144. The molecule has 8 heteroatoms. The summed E-state index contributed by atoms with van der Waals surface area (Å²) in [5.41, 5.74) is 0.951. The molecule has 1 amide bonds. The maximum atomic E-state index is 11.9. The molecule has 25 heavy (non-hydrogen) atoms. The van der Waals surface area contributed by atoms with E-state index in [1.807, 2.05) is 24.3 Å². The molecule has 1 unspecified atom stereocenters. The van der Waals surface area contributed by atoms with Gasteiger partial charge in [-0.2, -0.15) is 0 Å².